The van der Waals surface area contributed by atoms with E-state index in [4.69, 9.17) is 9.84 Å². The smallest absolute Gasteiger partial charge is 0.326 e. The maximum Gasteiger partial charge on any atom is 0.326 e. The van der Waals surface area contributed by atoms with E-state index in [1.807, 2.05) is 6.92 Å². The summed E-state index contributed by atoms with van der Waals surface area (Å²) in [7, 11) is 0. The summed E-state index contributed by atoms with van der Waals surface area (Å²) in [5, 5.41) is 9.13. The maximum atomic E-state index is 11.5. The van der Waals surface area contributed by atoms with Gasteiger partial charge in [-0.2, -0.15) is 0 Å². The van der Waals surface area contributed by atoms with Crippen LogP contribution >= 0.6 is 0 Å². The zero-order valence-electron chi connectivity index (χ0n) is 11.3. The number of hydrogen-bond acceptors (Lipinski definition) is 4. The Balaban J connectivity index is 2.39. The molecule has 1 aliphatic heterocycles. The van der Waals surface area contributed by atoms with E-state index in [0.717, 1.165) is 17.7 Å². The fraction of sp³-hybridized carbons (Fsp3) is 0.769. The lowest BCUT2D eigenvalue weighted by atomic mass is 10.1. The summed E-state index contributed by atoms with van der Waals surface area (Å²) in [4.78, 5) is 35.1. The molecule has 0 aliphatic carbocycles. The minimum absolute atomic E-state index is 0.127. The zero-order valence-corrected chi connectivity index (χ0v) is 11.3. The van der Waals surface area contributed by atoms with E-state index in [1.54, 1.807) is 0 Å². The fourth-order valence-electron chi connectivity index (χ4n) is 2.09. The number of carbonyl (C=O) groups excluding carboxylic acids is 2. The minimum Gasteiger partial charge on any atom is -0.480 e. The number of amides is 2. The SMILES string of the molecule is CCCOCCCCC(C(=O)O)N1C(=O)CCC1=O. The Kier molecular flexibility index (Phi) is 6.49. The van der Waals surface area contributed by atoms with Crippen LogP contribution in [-0.2, 0) is 19.1 Å². The third kappa shape index (κ3) is 4.63. The molecule has 0 bridgehead atoms. The molecule has 2 amide bonds. The van der Waals surface area contributed by atoms with Crippen molar-refractivity contribution in [1.82, 2.24) is 4.90 Å². The molecule has 1 heterocycles. The van der Waals surface area contributed by atoms with Gasteiger partial charge in [0.15, 0.2) is 0 Å². The first-order chi connectivity index (χ1) is 9.07. The van der Waals surface area contributed by atoms with Crippen LogP contribution in [0.25, 0.3) is 0 Å². The third-order valence-corrected chi connectivity index (χ3v) is 3.05. The summed E-state index contributed by atoms with van der Waals surface area (Å²) in [5.74, 6) is -1.86. The van der Waals surface area contributed by atoms with Crippen LogP contribution in [0.15, 0.2) is 0 Å². The van der Waals surface area contributed by atoms with Crippen molar-refractivity contribution in [3.63, 3.8) is 0 Å². The third-order valence-electron chi connectivity index (χ3n) is 3.05. The number of carbonyl (C=O) groups is 3. The predicted molar refractivity (Wildman–Crippen MR) is 67.5 cm³/mol. The molecule has 0 aromatic heterocycles. The molecule has 0 spiro atoms. The first-order valence-corrected chi connectivity index (χ1v) is 6.73. The van der Waals surface area contributed by atoms with Crippen molar-refractivity contribution in [3.8, 4) is 0 Å². The van der Waals surface area contributed by atoms with E-state index in [1.165, 1.54) is 0 Å². The molecule has 0 radical (unpaired) electrons. The first kappa shape index (κ1) is 15.6. The minimum atomic E-state index is -1.11. The Morgan fingerprint density at radius 2 is 1.89 bits per heavy atom. The molecule has 1 unspecified atom stereocenters. The number of carboxylic acids is 1. The number of rotatable bonds is 9. The van der Waals surface area contributed by atoms with Crippen molar-refractivity contribution in [2.24, 2.45) is 0 Å². The summed E-state index contributed by atoms with van der Waals surface area (Å²) in [6.07, 6.45) is 2.86. The molecule has 1 N–H and O–H groups in total. The zero-order chi connectivity index (χ0) is 14.3. The largest absolute Gasteiger partial charge is 0.480 e. The van der Waals surface area contributed by atoms with Gasteiger partial charge in [-0.15, -0.1) is 0 Å². The van der Waals surface area contributed by atoms with Gasteiger partial charge in [-0.25, -0.2) is 4.79 Å². The van der Waals surface area contributed by atoms with Gasteiger partial charge in [0.2, 0.25) is 11.8 Å². The molecule has 0 aromatic rings. The highest BCUT2D eigenvalue weighted by Gasteiger charge is 2.38. The average molecular weight is 271 g/mol. The second kappa shape index (κ2) is 7.89. The quantitative estimate of drug-likeness (QED) is 0.503. The second-order valence-corrected chi connectivity index (χ2v) is 4.62. The van der Waals surface area contributed by atoms with Gasteiger partial charge in [-0.1, -0.05) is 6.92 Å². The molecule has 6 nitrogen and oxygen atoms in total. The normalized spacial score (nSPS) is 17.0. The number of unbranched alkanes of at least 4 members (excludes halogenated alkanes) is 1. The fourth-order valence-corrected chi connectivity index (χ4v) is 2.09. The van der Waals surface area contributed by atoms with E-state index in [-0.39, 0.29) is 24.7 Å². The Bertz CT molecular complexity index is 326. The van der Waals surface area contributed by atoms with Crippen LogP contribution in [0.3, 0.4) is 0 Å². The van der Waals surface area contributed by atoms with Gasteiger partial charge in [0.25, 0.3) is 0 Å². The van der Waals surface area contributed by atoms with Gasteiger partial charge in [-0.3, -0.25) is 14.5 Å². The van der Waals surface area contributed by atoms with Crippen molar-refractivity contribution >= 4 is 17.8 Å². The maximum absolute atomic E-state index is 11.5. The number of aliphatic carboxylic acids is 1. The van der Waals surface area contributed by atoms with Crippen LogP contribution in [0.4, 0.5) is 0 Å². The monoisotopic (exact) mass is 271 g/mol. The molecule has 19 heavy (non-hydrogen) atoms. The van der Waals surface area contributed by atoms with E-state index < -0.39 is 12.0 Å². The number of likely N-dealkylation sites (tertiary alicyclic amines) is 1. The summed E-state index contributed by atoms with van der Waals surface area (Å²) in [6.45, 7) is 3.30. The van der Waals surface area contributed by atoms with Gasteiger partial charge in [0.1, 0.15) is 6.04 Å². The molecular formula is C13H21NO5. The molecule has 1 aliphatic rings. The van der Waals surface area contributed by atoms with Crippen molar-refractivity contribution in [1.29, 1.82) is 0 Å². The number of imide groups is 1. The predicted octanol–water partition coefficient (Wildman–Crippen LogP) is 1.19. The number of nitrogens with zero attached hydrogens (tertiary/aromatic N) is 1. The number of hydrogen-bond donors (Lipinski definition) is 1. The van der Waals surface area contributed by atoms with E-state index >= 15 is 0 Å². The van der Waals surface area contributed by atoms with Gasteiger partial charge in [-0.05, 0) is 25.7 Å². The molecule has 1 saturated heterocycles. The summed E-state index contributed by atoms with van der Waals surface area (Å²) >= 11 is 0. The highest BCUT2D eigenvalue weighted by atomic mass is 16.5. The molecule has 0 saturated carbocycles. The number of carboxylic acid groups (broad SMARTS) is 1. The molecule has 1 rings (SSSR count). The molecular weight excluding hydrogens is 250 g/mol. The first-order valence-electron chi connectivity index (χ1n) is 6.73. The number of ether oxygens (including phenoxy) is 1. The van der Waals surface area contributed by atoms with E-state index in [0.29, 0.717) is 26.1 Å². The lowest BCUT2D eigenvalue weighted by Crippen LogP contribution is -2.44. The Hall–Kier alpha value is -1.43. The molecule has 6 heteroatoms. The van der Waals surface area contributed by atoms with Crippen molar-refractivity contribution in [3.05, 3.63) is 0 Å². The highest BCUT2D eigenvalue weighted by Crippen LogP contribution is 2.19. The van der Waals surface area contributed by atoms with Crippen LogP contribution in [-0.4, -0.2) is 47.0 Å². The summed E-state index contributed by atoms with van der Waals surface area (Å²) in [5.41, 5.74) is 0. The van der Waals surface area contributed by atoms with Crippen LogP contribution in [0, 0.1) is 0 Å². The van der Waals surface area contributed by atoms with Crippen LogP contribution < -0.4 is 0 Å². The lowest BCUT2D eigenvalue weighted by molar-refractivity contribution is -0.154. The van der Waals surface area contributed by atoms with Crippen LogP contribution in [0.5, 0.6) is 0 Å². The Labute approximate surface area is 112 Å². The van der Waals surface area contributed by atoms with Crippen LogP contribution in [0.1, 0.15) is 45.4 Å². The molecule has 108 valence electrons. The second-order valence-electron chi connectivity index (χ2n) is 4.62. The van der Waals surface area contributed by atoms with E-state index in [9.17, 15) is 14.4 Å². The Morgan fingerprint density at radius 3 is 2.42 bits per heavy atom. The summed E-state index contributed by atoms with van der Waals surface area (Å²) < 4.78 is 5.30. The average Bonchev–Trinajstić information content (AvgIpc) is 2.69. The van der Waals surface area contributed by atoms with Crippen molar-refractivity contribution in [2.45, 2.75) is 51.5 Å². The molecule has 0 aromatic carbocycles. The molecule has 1 atom stereocenters. The summed E-state index contributed by atoms with van der Waals surface area (Å²) in [6, 6.07) is -1.02. The molecule has 1 fully saturated rings. The topological polar surface area (TPSA) is 83.9 Å². The van der Waals surface area contributed by atoms with Gasteiger partial charge >= 0.3 is 5.97 Å². The van der Waals surface area contributed by atoms with Crippen LogP contribution in [0.2, 0.25) is 0 Å². The van der Waals surface area contributed by atoms with Crippen molar-refractivity contribution < 1.29 is 24.2 Å². The highest BCUT2D eigenvalue weighted by molar-refractivity contribution is 6.04. The van der Waals surface area contributed by atoms with Crippen molar-refractivity contribution in [2.75, 3.05) is 13.2 Å². The van der Waals surface area contributed by atoms with Gasteiger partial charge in [0, 0.05) is 26.1 Å². The van der Waals surface area contributed by atoms with E-state index in [2.05, 4.69) is 0 Å². The Morgan fingerprint density at radius 1 is 1.26 bits per heavy atom. The van der Waals surface area contributed by atoms with Gasteiger partial charge in [0.05, 0.1) is 0 Å². The standard InChI is InChI=1S/C13H21NO5/c1-2-8-19-9-4-3-5-10(13(17)18)14-11(15)6-7-12(14)16/h10H,2-9H2,1H3,(H,17,18). The van der Waals surface area contributed by atoms with Gasteiger partial charge < -0.3 is 9.84 Å². The lowest BCUT2D eigenvalue weighted by Gasteiger charge is -2.22.